The van der Waals surface area contributed by atoms with Crippen LogP contribution in [0.1, 0.15) is 64.9 Å². The third-order valence-corrected chi connectivity index (χ3v) is 4.62. The zero-order chi connectivity index (χ0) is 21.5. The number of rotatable bonds is 15. The van der Waals surface area contributed by atoms with Crippen molar-refractivity contribution in [1.29, 1.82) is 0 Å². The van der Waals surface area contributed by atoms with Gasteiger partial charge in [-0.3, -0.25) is 9.59 Å². The number of hydrogen-bond donors (Lipinski definition) is 0. The molecule has 0 saturated carbocycles. The van der Waals surface area contributed by atoms with Crippen LogP contribution in [0.25, 0.3) is 0 Å². The van der Waals surface area contributed by atoms with Gasteiger partial charge in [-0.15, -0.1) is 0 Å². The van der Waals surface area contributed by atoms with Crippen molar-refractivity contribution < 1.29 is 28.5 Å². The smallest absolute Gasteiger partial charge is 0.302 e. The highest BCUT2D eigenvalue weighted by atomic mass is 16.5. The summed E-state index contributed by atoms with van der Waals surface area (Å²) in [5.41, 5.74) is 1.09. The molecule has 0 saturated heterocycles. The van der Waals surface area contributed by atoms with Gasteiger partial charge in [0, 0.05) is 19.8 Å². The van der Waals surface area contributed by atoms with E-state index in [1.54, 1.807) is 7.11 Å². The molecule has 0 aliphatic rings. The highest BCUT2D eigenvalue weighted by molar-refractivity contribution is 5.66. The van der Waals surface area contributed by atoms with Crippen LogP contribution in [0.5, 0.6) is 11.5 Å². The van der Waals surface area contributed by atoms with Crippen molar-refractivity contribution in [2.75, 3.05) is 26.9 Å². The topological polar surface area (TPSA) is 71.1 Å². The van der Waals surface area contributed by atoms with E-state index in [0.29, 0.717) is 12.4 Å². The average Bonchev–Trinajstić information content (AvgIpc) is 2.70. The molecule has 0 N–H and O–H groups in total. The van der Waals surface area contributed by atoms with Gasteiger partial charge in [0.1, 0.15) is 0 Å². The SMILES string of the molecule is CCCCCCCOc1ccc(CCC(COC(C)=O)COC(C)=O)cc1OC. The van der Waals surface area contributed by atoms with E-state index in [1.807, 2.05) is 18.2 Å². The molecule has 0 fully saturated rings. The van der Waals surface area contributed by atoms with Gasteiger partial charge in [0.25, 0.3) is 0 Å². The van der Waals surface area contributed by atoms with Gasteiger partial charge < -0.3 is 18.9 Å². The molecule has 0 spiro atoms. The maximum Gasteiger partial charge on any atom is 0.302 e. The maximum absolute atomic E-state index is 11.1. The van der Waals surface area contributed by atoms with E-state index >= 15 is 0 Å². The van der Waals surface area contributed by atoms with E-state index in [9.17, 15) is 9.59 Å². The van der Waals surface area contributed by atoms with Crippen molar-refractivity contribution in [3.63, 3.8) is 0 Å². The first kappa shape index (κ1) is 24.8. The van der Waals surface area contributed by atoms with Crippen LogP contribution in [0.3, 0.4) is 0 Å². The molecule has 0 aliphatic carbocycles. The molecule has 0 unspecified atom stereocenters. The minimum Gasteiger partial charge on any atom is -0.493 e. The fourth-order valence-corrected chi connectivity index (χ4v) is 2.93. The lowest BCUT2D eigenvalue weighted by atomic mass is 10.0. The molecule has 1 rings (SSSR count). The van der Waals surface area contributed by atoms with Gasteiger partial charge in [0.15, 0.2) is 11.5 Å². The highest BCUT2D eigenvalue weighted by Crippen LogP contribution is 2.29. The molecule has 0 atom stereocenters. The molecule has 0 amide bonds. The van der Waals surface area contributed by atoms with E-state index in [1.165, 1.54) is 39.5 Å². The summed E-state index contributed by atoms with van der Waals surface area (Å²) in [6.45, 7) is 6.11. The van der Waals surface area contributed by atoms with Crippen LogP contribution in [0.15, 0.2) is 18.2 Å². The first-order valence-corrected chi connectivity index (χ1v) is 10.5. The summed E-state index contributed by atoms with van der Waals surface area (Å²) in [6.07, 6.45) is 7.45. The molecule has 29 heavy (non-hydrogen) atoms. The summed E-state index contributed by atoms with van der Waals surface area (Å²) < 4.78 is 21.5. The number of unbranched alkanes of at least 4 members (excludes halogenated alkanes) is 4. The third-order valence-electron chi connectivity index (χ3n) is 4.62. The molecular weight excluding hydrogens is 372 g/mol. The van der Waals surface area contributed by atoms with Crippen molar-refractivity contribution in [2.45, 2.75) is 65.7 Å². The first-order valence-electron chi connectivity index (χ1n) is 10.5. The second kappa shape index (κ2) is 14.7. The summed E-state index contributed by atoms with van der Waals surface area (Å²) in [7, 11) is 1.64. The van der Waals surface area contributed by atoms with Gasteiger partial charge in [-0.05, 0) is 37.0 Å². The Balaban J connectivity index is 2.56. The Morgan fingerprint density at radius 3 is 2.17 bits per heavy atom. The fraction of sp³-hybridized carbons (Fsp3) is 0.652. The van der Waals surface area contributed by atoms with Crippen molar-refractivity contribution in [3.05, 3.63) is 23.8 Å². The minimum atomic E-state index is -0.337. The number of aryl methyl sites for hydroxylation is 1. The Morgan fingerprint density at radius 1 is 0.931 bits per heavy atom. The summed E-state index contributed by atoms with van der Waals surface area (Å²) in [5.74, 6) is 0.745. The number of ether oxygens (including phenoxy) is 4. The lowest BCUT2D eigenvalue weighted by molar-refractivity contribution is -0.146. The number of carbonyl (C=O) groups is 2. The van der Waals surface area contributed by atoms with Gasteiger partial charge in [-0.25, -0.2) is 0 Å². The van der Waals surface area contributed by atoms with Crippen LogP contribution in [-0.2, 0) is 25.5 Å². The van der Waals surface area contributed by atoms with Gasteiger partial charge in [-0.1, -0.05) is 38.7 Å². The van der Waals surface area contributed by atoms with E-state index < -0.39 is 0 Å². The predicted octanol–water partition coefficient (Wildman–Crippen LogP) is 4.72. The van der Waals surface area contributed by atoms with Gasteiger partial charge >= 0.3 is 11.9 Å². The Labute approximate surface area is 174 Å². The van der Waals surface area contributed by atoms with Crippen LogP contribution in [0, 0.1) is 5.92 Å². The van der Waals surface area contributed by atoms with Crippen molar-refractivity contribution >= 4 is 11.9 Å². The van der Waals surface area contributed by atoms with Crippen molar-refractivity contribution in [2.24, 2.45) is 5.92 Å². The largest absolute Gasteiger partial charge is 0.493 e. The predicted molar refractivity (Wildman–Crippen MR) is 112 cm³/mol. The van der Waals surface area contributed by atoms with Crippen LogP contribution >= 0.6 is 0 Å². The van der Waals surface area contributed by atoms with Gasteiger partial charge in [0.05, 0.1) is 26.9 Å². The standard InChI is InChI=1S/C23H36O6/c1-5-6-7-8-9-14-27-22-13-12-20(15-23(22)26-4)10-11-21(16-28-18(2)24)17-29-19(3)25/h12-13,15,21H,5-11,14,16-17H2,1-4H3. The second-order valence-electron chi connectivity index (χ2n) is 7.26. The average molecular weight is 409 g/mol. The summed E-state index contributed by atoms with van der Waals surface area (Å²) in [6, 6.07) is 5.93. The Kier molecular flexibility index (Phi) is 12.6. The van der Waals surface area contributed by atoms with Crippen LogP contribution in [0.2, 0.25) is 0 Å². The van der Waals surface area contributed by atoms with E-state index in [4.69, 9.17) is 18.9 Å². The molecule has 0 radical (unpaired) electrons. The Morgan fingerprint density at radius 2 is 1.59 bits per heavy atom. The summed E-state index contributed by atoms with van der Waals surface area (Å²) in [4.78, 5) is 22.2. The Bertz CT molecular complexity index is 595. The number of carbonyl (C=O) groups excluding carboxylic acids is 2. The molecular formula is C23H36O6. The third kappa shape index (κ3) is 11.4. The van der Waals surface area contributed by atoms with Gasteiger partial charge in [-0.2, -0.15) is 0 Å². The number of benzene rings is 1. The minimum absolute atomic E-state index is 0.0483. The maximum atomic E-state index is 11.1. The molecule has 1 aromatic rings. The quantitative estimate of drug-likeness (QED) is 0.309. The fourth-order valence-electron chi connectivity index (χ4n) is 2.93. The lowest BCUT2D eigenvalue weighted by Crippen LogP contribution is -2.20. The van der Waals surface area contributed by atoms with Gasteiger partial charge in [0.2, 0.25) is 0 Å². The molecule has 0 heterocycles. The molecule has 6 heteroatoms. The van der Waals surface area contributed by atoms with Crippen LogP contribution in [-0.4, -0.2) is 38.9 Å². The van der Waals surface area contributed by atoms with E-state index in [-0.39, 0.29) is 31.1 Å². The molecule has 1 aromatic carbocycles. The summed E-state index contributed by atoms with van der Waals surface area (Å²) >= 11 is 0. The van der Waals surface area contributed by atoms with Crippen molar-refractivity contribution in [3.8, 4) is 11.5 Å². The van der Waals surface area contributed by atoms with E-state index in [0.717, 1.165) is 30.6 Å². The summed E-state index contributed by atoms with van der Waals surface area (Å²) in [5, 5.41) is 0. The van der Waals surface area contributed by atoms with E-state index in [2.05, 4.69) is 6.92 Å². The molecule has 164 valence electrons. The second-order valence-corrected chi connectivity index (χ2v) is 7.26. The first-order chi connectivity index (χ1) is 14.0. The van der Waals surface area contributed by atoms with Crippen molar-refractivity contribution in [1.82, 2.24) is 0 Å². The Hall–Kier alpha value is -2.24. The zero-order valence-electron chi connectivity index (χ0n) is 18.3. The molecule has 0 aromatic heterocycles. The lowest BCUT2D eigenvalue weighted by Gasteiger charge is -2.17. The zero-order valence-corrected chi connectivity index (χ0v) is 18.3. The number of hydrogen-bond acceptors (Lipinski definition) is 6. The molecule has 6 nitrogen and oxygen atoms in total. The number of methoxy groups -OCH3 is 1. The van der Waals surface area contributed by atoms with Crippen LogP contribution in [0.4, 0.5) is 0 Å². The number of esters is 2. The normalized spacial score (nSPS) is 10.7. The monoisotopic (exact) mass is 408 g/mol. The van der Waals surface area contributed by atoms with Crippen LogP contribution < -0.4 is 9.47 Å². The molecule has 0 bridgehead atoms. The molecule has 0 aliphatic heterocycles. The highest BCUT2D eigenvalue weighted by Gasteiger charge is 2.14.